The molecule has 1 rings (SSSR count). The van der Waals surface area contributed by atoms with Gasteiger partial charge in [-0.2, -0.15) is 0 Å². The molecule has 4 nitrogen and oxygen atoms in total. The van der Waals surface area contributed by atoms with E-state index in [0.717, 1.165) is 30.8 Å². The van der Waals surface area contributed by atoms with E-state index in [4.69, 9.17) is 9.47 Å². The average Bonchev–Trinajstić information content (AvgIpc) is 2.47. The number of ether oxygens (including phenoxy) is 2. The van der Waals surface area contributed by atoms with Crippen molar-refractivity contribution in [3.8, 4) is 5.75 Å². The van der Waals surface area contributed by atoms with Crippen LogP contribution in [0.3, 0.4) is 0 Å². The number of allylic oxidation sites excluding steroid dienone is 1. The zero-order valence-corrected chi connectivity index (χ0v) is 12.2. The lowest BCUT2D eigenvalue weighted by Crippen LogP contribution is -2.02. The van der Waals surface area contributed by atoms with Crippen LogP contribution in [-0.4, -0.2) is 26.2 Å². The van der Waals surface area contributed by atoms with Gasteiger partial charge >= 0.3 is 5.97 Å². The lowest BCUT2D eigenvalue weighted by Gasteiger charge is -2.04. The van der Waals surface area contributed by atoms with Gasteiger partial charge in [-0.3, -0.25) is 4.79 Å². The number of carbonyl (C=O) groups is 1. The maximum atomic E-state index is 11.1. The van der Waals surface area contributed by atoms with Gasteiger partial charge in [-0.15, -0.1) is 0 Å². The molecule has 1 aromatic rings. The summed E-state index contributed by atoms with van der Waals surface area (Å²) in [6.07, 6.45) is 6.36. The van der Waals surface area contributed by atoms with Crippen LogP contribution in [0.25, 0.3) is 0 Å². The molecule has 0 aliphatic heterocycles. The van der Waals surface area contributed by atoms with E-state index in [0.29, 0.717) is 13.0 Å². The topological polar surface area (TPSA) is 47.6 Å². The lowest BCUT2D eigenvalue weighted by atomic mass is 10.2. The lowest BCUT2D eigenvalue weighted by molar-refractivity contribution is -0.143. The van der Waals surface area contributed by atoms with E-state index in [1.807, 2.05) is 31.2 Å². The van der Waals surface area contributed by atoms with E-state index < -0.39 is 0 Å². The van der Waals surface area contributed by atoms with Crippen LogP contribution in [0.4, 0.5) is 5.69 Å². The third kappa shape index (κ3) is 6.83. The summed E-state index contributed by atoms with van der Waals surface area (Å²) in [5.41, 5.74) is 1.06. The molecule has 0 unspecified atom stereocenters. The van der Waals surface area contributed by atoms with Crippen molar-refractivity contribution in [3.05, 3.63) is 36.4 Å². The molecular formula is C16H23NO3. The van der Waals surface area contributed by atoms with Gasteiger partial charge < -0.3 is 14.8 Å². The van der Waals surface area contributed by atoms with E-state index in [-0.39, 0.29) is 5.97 Å². The molecule has 0 bridgehead atoms. The molecule has 0 aliphatic carbocycles. The Labute approximate surface area is 120 Å². The van der Waals surface area contributed by atoms with Crippen LogP contribution in [0.5, 0.6) is 5.75 Å². The van der Waals surface area contributed by atoms with Crippen LogP contribution < -0.4 is 10.1 Å². The van der Waals surface area contributed by atoms with Crippen molar-refractivity contribution in [3.63, 3.8) is 0 Å². The van der Waals surface area contributed by atoms with Crippen LogP contribution in [0.15, 0.2) is 36.4 Å². The summed E-state index contributed by atoms with van der Waals surface area (Å²) in [6, 6.07) is 7.80. The van der Waals surface area contributed by atoms with Gasteiger partial charge in [0.2, 0.25) is 0 Å². The summed E-state index contributed by atoms with van der Waals surface area (Å²) < 4.78 is 9.96. The fourth-order valence-corrected chi connectivity index (χ4v) is 1.68. The summed E-state index contributed by atoms with van der Waals surface area (Å²) >= 11 is 0. The maximum absolute atomic E-state index is 11.1. The minimum atomic E-state index is -0.114. The number of carbonyl (C=O) groups excluding carboxylic acids is 1. The fraction of sp³-hybridized carbons (Fsp3) is 0.438. The van der Waals surface area contributed by atoms with Crippen molar-refractivity contribution in [2.24, 2.45) is 0 Å². The molecule has 0 saturated heterocycles. The van der Waals surface area contributed by atoms with Crippen LogP contribution in [0.1, 0.15) is 26.2 Å². The summed E-state index contributed by atoms with van der Waals surface area (Å²) in [6.45, 7) is 3.05. The fourth-order valence-electron chi connectivity index (χ4n) is 1.68. The van der Waals surface area contributed by atoms with E-state index in [1.165, 1.54) is 0 Å². The Morgan fingerprint density at radius 3 is 2.65 bits per heavy atom. The molecule has 4 heteroatoms. The zero-order chi connectivity index (χ0) is 14.6. The van der Waals surface area contributed by atoms with Crippen molar-refractivity contribution in [2.75, 3.05) is 25.6 Å². The van der Waals surface area contributed by atoms with E-state index in [1.54, 1.807) is 7.11 Å². The molecule has 0 aromatic heterocycles. The second kappa shape index (κ2) is 9.89. The Morgan fingerprint density at radius 2 is 2.00 bits per heavy atom. The largest absolute Gasteiger partial charge is 0.497 e. The van der Waals surface area contributed by atoms with Crippen LogP contribution in [0, 0.1) is 0 Å². The third-order valence-corrected chi connectivity index (χ3v) is 2.74. The minimum Gasteiger partial charge on any atom is -0.497 e. The Bertz CT molecular complexity index is 412. The first-order chi connectivity index (χ1) is 9.76. The summed E-state index contributed by atoms with van der Waals surface area (Å²) in [4.78, 5) is 11.1. The molecule has 0 saturated carbocycles. The van der Waals surface area contributed by atoms with Gasteiger partial charge in [-0.05, 0) is 44.0 Å². The minimum absolute atomic E-state index is 0.114. The Balaban J connectivity index is 2.10. The standard InChI is InChI=1S/C16H23NO3/c1-3-20-16(18)8-6-4-5-7-13-17-14-9-11-15(19-2)12-10-14/h5,7,9-12,17H,3-4,6,8,13H2,1-2H3/b7-5-. The highest BCUT2D eigenvalue weighted by atomic mass is 16.5. The summed E-state index contributed by atoms with van der Waals surface area (Å²) in [7, 11) is 1.65. The van der Waals surface area contributed by atoms with Crippen LogP contribution in [-0.2, 0) is 9.53 Å². The first-order valence-electron chi connectivity index (χ1n) is 6.94. The number of methoxy groups -OCH3 is 1. The maximum Gasteiger partial charge on any atom is 0.305 e. The predicted octanol–water partition coefficient (Wildman–Crippen LogP) is 3.40. The Kier molecular flexibility index (Phi) is 7.96. The normalized spacial score (nSPS) is 10.5. The monoisotopic (exact) mass is 277 g/mol. The smallest absolute Gasteiger partial charge is 0.305 e. The van der Waals surface area contributed by atoms with Gasteiger partial charge in [0.15, 0.2) is 0 Å². The summed E-state index contributed by atoms with van der Waals surface area (Å²) in [5, 5.41) is 3.28. The first kappa shape index (κ1) is 16.1. The quantitative estimate of drug-likeness (QED) is 0.427. The molecule has 0 aliphatic rings. The number of esters is 1. The first-order valence-corrected chi connectivity index (χ1v) is 6.94. The molecule has 0 radical (unpaired) electrons. The highest BCUT2D eigenvalue weighted by Crippen LogP contribution is 2.14. The van der Waals surface area contributed by atoms with Gasteiger partial charge in [0, 0.05) is 18.7 Å². The van der Waals surface area contributed by atoms with Gasteiger partial charge in [0.25, 0.3) is 0 Å². The molecule has 0 spiro atoms. The number of unbranched alkanes of at least 4 members (excludes halogenated alkanes) is 1. The third-order valence-electron chi connectivity index (χ3n) is 2.74. The number of hydrogen-bond acceptors (Lipinski definition) is 4. The second-order valence-corrected chi connectivity index (χ2v) is 4.28. The van der Waals surface area contributed by atoms with Crippen molar-refractivity contribution in [1.29, 1.82) is 0 Å². The van der Waals surface area contributed by atoms with E-state index >= 15 is 0 Å². The van der Waals surface area contributed by atoms with E-state index in [2.05, 4.69) is 17.5 Å². The number of rotatable bonds is 9. The van der Waals surface area contributed by atoms with Crippen molar-refractivity contribution in [1.82, 2.24) is 0 Å². The molecular weight excluding hydrogens is 254 g/mol. The number of benzene rings is 1. The van der Waals surface area contributed by atoms with Gasteiger partial charge in [-0.25, -0.2) is 0 Å². The van der Waals surface area contributed by atoms with E-state index in [9.17, 15) is 4.79 Å². The molecule has 0 heterocycles. The molecule has 0 fully saturated rings. The molecule has 1 aromatic carbocycles. The van der Waals surface area contributed by atoms with Crippen molar-refractivity contribution < 1.29 is 14.3 Å². The highest BCUT2D eigenvalue weighted by molar-refractivity contribution is 5.69. The van der Waals surface area contributed by atoms with Crippen LogP contribution >= 0.6 is 0 Å². The van der Waals surface area contributed by atoms with Crippen molar-refractivity contribution in [2.45, 2.75) is 26.2 Å². The SMILES string of the molecule is CCOC(=O)CCC/C=C\CNc1ccc(OC)cc1. The summed E-state index contributed by atoms with van der Waals surface area (Å²) in [5.74, 6) is 0.738. The number of anilines is 1. The Hall–Kier alpha value is -1.97. The molecule has 20 heavy (non-hydrogen) atoms. The van der Waals surface area contributed by atoms with Gasteiger partial charge in [0.1, 0.15) is 5.75 Å². The molecule has 110 valence electrons. The highest BCUT2D eigenvalue weighted by Gasteiger charge is 1.98. The average molecular weight is 277 g/mol. The zero-order valence-electron chi connectivity index (χ0n) is 12.2. The van der Waals surface area contributed by atoms with Gasteiger partial charge in [-0.1, -0.05) is 12.2 Å². The van der Waals surface area contributed by atoms with Gasteiger partial charge in [0.05, 0.1) is 13.7 Å². The van der Waals surface area contributed by atoms with Crippen LogP contribution in [0.2, 0.25) is 0 Å². The number of nitrogens with one attached hydrogen (secondary N) is 1. The second-order valence-electron chi connectivity index (χ2n) is 4.28. The molecule has 1 N–H and O–H groups in total. The Morgan fingerprint density at radius 1 is 1.25 bits per heavy atom. The predicted molar refractivity (Wildman–Crippen MR) is 81.1 cm³/mol. The number of hydrogen-bond donors (Lipinski definition) is 1. The molecule has 0 atom stereocenters. The molecule has 0 amide bonds. The van der Waals surface area contributed by atoms with Crippen molar-refractivity contribution >= 4 is 11.7 Å².